The predicted molar refractivity (Wildman–Crippen MR) is 46.2 cm³/mol. The van der Waals surface area contributed by atoms with Crippen molar-refractivity contribution in [1.29, 1.82) is 0 Å². The number of furan rings is 1. The minimum atomic E-state index is -4.49. The molecule has 1 rings (SSSR count). The van der Waals surface area contributed by atoms with Crippen LogP contribution in [0.4, 0.5) is 13.2 Å². The van der Waals surface area contributed by atoms with E-state index in [1.807, 2.05) is 0 Å². The number of carbonyl (C=O) groups excluding carboxylic acids is 1. The van der Waals surface area contributed by atoms with Gasteiger partial charge in [0.15, 0.2) is 0 Å². The fourth-order valence-corrected chi connectivity index (χ4v) is 1.19. The highest BCUT2D eigenvalue weighted by molar-refractivity contribution is 5.78. The molecular weight excluding hydrogens is 211 g/mol. The minimum absolute atomic E-state index is 0.109. The van der Waals surface area contributed by atoms with Crippen LogP contribution in [0.3, 0.4) is 0 Å². The number of amides is 1. The lowest BCUT2D eigenvalue weighted by atomic mass is 10.1. The Kier molecular flexibility index (Phi) is 3.06. The first-order chi connectivity index (χ1) is 6.86. The molecule has 0 saturated carbocycles. The summed E-state index contributed by atoms with van der Waals surface area (Å²) < 4.78 is 41.9. The molecule has 0 aliphatic heterocycles. The number of nitrogens with one attached hydrogen (secondary N) is 1. The summed E-state index contributed by atoms with van der Waals surface area (Å²) in [6.45, 7) is 1.40. The molecule has 3 nitrogen and oxygen atoms in total. The van der Waals surface area contributed by atoms with Crippen LogP contribution in [-0.2, 0) is 17.4 Å². The SMILES string of the molecule is CNC(=O)Cc1c(C(F)(F)F)coc1C. The van der Waals surface area contributed by atoms with Gasteiger partial charge in [0, 0.05) is 12.6 Å². The Balaban J connectivity index is 3.05. The van der Waals surface area contributed by atoms with Crippen molar-refractivity contribution in [2.75, 3.05) is 7.05 Å². The third-order valence-electron chi connectivity index (χ3n) is 2.03. The Morgan fingerprint density at radius 1 is 1.53 bits per heavy atom. The third-order valence-corrected chi connectivity index (χ3v) is 2.03. The Bertz CT molecular complexity index is 368. The fraction of sp³-hybridized carbons (Fsp3) is 0.444. The van der Waals surface area contributed by atoms with Crippen LogP contribution in [0.1, 0.15) is 16.9 Å². The molecule has 0 aliphatic carbocycles. The molecule has 15 heavy (non-hydrogen) atoms. The van der Waals surface area contributed by atoms with Gasteiger partial charge in [-0.2, -0.15) is 13.2 Å². The second kappa shape index (κ2) is 3.96. The molecule has 0 aromatic carbocycles. The van der Waals surface area contributed by atoms with E-state index in [9.17, 15) is 18.0 Å². The fourth-order valence-electron chi connectivity index (χ4n) is 1.19. The van der Waals surface area contributed by atoms with Crippen molar-refractivity contribution in [2.45, 2.75) is 19.5 Å². The normalized spacial score (nSPS) is 11.5. The molecule has 1 aromatic rings. The second-order valence-corrected chi connectivity index (χ2v) is 3.03. The van der Waals surface area contributed by atoms with Crippen LogP contribution >= 0.6 is 0 Å². The minimum Gasteiger partial charge on any atom is -0.469 e. The monoisotopic (exact) mass is 221 g/mol. The summed E-state index contributed by atoms with van der Waals surface area (Å²) in [6.07, 6.45) is -4.18. The number of hydrogen-bond donors (Lipinski definition) is 1. The Labute approximate surface area is 84.3 Å². The molecule has 0 fully saturated rings. The van der Waals surface area contributed by atoms with E-state index in [1.165, 1.54) is 14.0 Å². The molecule has 0 radical (unpaired) electrons. The molecule has 0 saturated heterocycles. The van der Waals surface area contributed by atoms with Gasteiger partial charge in [-0.3, -0.25) is 4.79 Å². The van der Waals surface area contributed by atoms with E-state index in [1.54, 1.807) is 0 Å². The van der Waals surface area contributed by atoms with Crippen molar-refractivity contribution in [3.05, 3.63) is 23.2 Å². The van der Waals surface area contributed by atoms with E-state index >= 15 is 0 Å². The van der Waals surface area contributed by atoms with Crippen molar-refractivity contribution in [1.82, 2.24) is 5.32 Å². The van der Waals surface area contributed by atoms with E-state index in [2.05, 4.69) is 9.73 Å². The average molecular weight is 221 g/mol. The summed E-state index contributed by atoms with van der Waals surface area (Å²) in [4.78, 5) is 11.0. The van der Waals surface area contributed by atoms with E-state index in [0.717, 1.165) is 0 Å². The van der Waals surface area contributed by atoms with Gasteiger partial charge in [-0.05, 0) is 6.92 Å². The largest absolute Gasteiger partial charge is 0.469 e. The predicted octanol–water partition coefficient (Wildman–Crippen LogP) is 1.90. The van der Waals surface area contributed by atoms with Crippen LogP contribution in [-0.4, -0.2) is 13.0 Å². The quantitative estimate of drug-likeness (QED) is 0.828. The molecule has 0 spiro atoms. The third kappa shape index (κ3) is 2.51. The summed E-state index contributed by atoms with van der Waals surface area (Å²) >= 11 is 0. The van der Waals surface area contributed by atoms with Gasteiger partial charge in [0.2, 0.25) is 5.91 Å². The second-order valence-electron chi connectivity index (χ2n) is 3.03. The first-order valence-corrected chi connectivity index (χ1v) is 4.21. The Morgan fingerprint density at radius 3 is 2.60 bits per heavy atom. The van der Waals surface area contributed by atoms with Crippen molar-refractivity contribution >= 4 is 5.91 Å². The summed E-state index contributed by atoms with van der Waals surface area (Å²) in [5.74, 6) is -0.365. The summed E-state index contributed by atoms with van der Waals surface area (Å²) in [5, 5.41) is 2.26. The van der Waals surface area contributed by atoms with Crippen LogP contribution in [0.15, 0.2) is 10.7 Å². The first-order valence-electron chi connectivity index (χ1n) is 4.21. The van der Waals surface area contributed by atoms with Gasteiger partial charge in [0.05, 0.1) is 12.0 Å². The van der Waals surface area contributed by atoms with Crippen molar-refractivity contribution in [3.8, 4) is 0 Å². The average Bonchev–Trinajstić information content (AvgIpc) is 2.47. The van der Waals surface area contributed by atoms with Crippen LogP contribution in [0.5, 0.6) is 0 Å². The van der Waals surface area contributed by atoms with Crippen molar-refractivity contribution in [3.63, 3.8) is 0 Å². The van der Waals surface area contributed by atoms with Gasteiger partial charge in [-0.25, -0.2) is 0 Å². The lowest BCUT2D eigenvalue weighted by Gasteiger charge is -2.06. The number of carbonyl (C=O) groups is 1. The zero-order valence-corrected chi connectivity index (χ0v) is 8.23. The standard InChI is InChI=1S/C9H10F3NO2/c1-5-6(3-8(14)13-2)7(4-15-5)9(10,11)12/h4H,3H2,1-2H3,(H,13,14). The van der Waals surface area contributed by atoms with Gasteiger partial charge in [0.25, 0.3) is 0 Å². The number of halogens is 3. The lowest BCUT2D eigenvalue weighted by molar-refractivity contribution is -0.138. The van der Waals surface area contributed by atoms with E-state index < -0.39 is 17.6 Å². The lowest BCUT2D eigenvalue weighted by Crippen LogP contribution is -2.21. The molecule has 0 atom stereocenters. The van der Waals surface area contributed by atoms with E-state index in [-0.39, 0.29) is 17.7 Å². The first kappa shape index (κ1) is 11.6. The van der Waals surface area contributed by atoms with Crippen molar-refractivity contribution < 1.29 is 22.4 Å². The number of hydrogen-bond acceptors (Lipinski definition) is 2. The molecule has 0 unspecified atom stereocenters. The molecule has 1 N–H and O–H groups in total. The van der Waals surface area contributed by atoms with Crippen LogP contribution < -0.4 is 5.32 Å². The smallest absolute Gasteiger partial charge is 0.419 e. The van der Waals surface area contributed by atoms with Crippen LogP contribution in [0, 0.1) is 6.92 Å². The highest BCUT2D eigenvalue weighted by Crippen LogP contribution is 2.34. The maximum absolute atomic E-state index is 12.4. The molecule has 84 valence electrons. The molecule has 6 heteroatoms. The molecule has 0 bridgehead atoms. The molecule has 1 amide bonds. The number of aryl methyl sites for hydroxylation is 1. The van der Waals surface area contributed by atoms with Crippen molar-refractivity contribution in [2.24, 2.45) is 0 Å². The van der Waals surface area contributed by atoms with Gasteiger partial charge in [-0.15, -0.1) is 0 Å². The zero-order chi connectivity index (χ0) is 11.6. The maximum atomic E-state index is 12.4. The Hall–Kier alpha value is -1.46. The number of rotatable bonds is 2. The zero-order valence-electron chi connectivity index (χ0n) is 8.23. The topological polar surface area (TPSA) is 42.2 Å². The summed E-state index contributed by atoms with van der Waals surface area (Å²) in [6, 6.07) is 0. The summed E-state index contributed by atoms with van der Waals surface area (Å²) in [7, 11) is 1.37. The molecule has 1 aromatic heterocycles. The molecule has 1 heterocycles. The Morgan fingerprint density at radius 2 is 2.13 bits per heavy atom. The maximum Gasteiger partial charge on any atom is 0.419 e. The van der Waals surface area contributed by atoms with Gasteiger partial charge >= 0.3 is 6.18 Å². The van der Waals surface area contributed by atoms with E-state index in [0.29, 0.717) is 6.26 Å². The molecular formula is C9H10F3NO2. The molecule has 0 aliphatic rings. The van der Waals surface area contributed by atoms with Gasteiger partial charge in [0.1, 0.15) is 12.0 Å². The van der Waals surface area contributed by atoms with Gasteiger partial charge in [-0.1, -0.05) is 0 Å². The number of likely N-dealkylation sites (N-methyl/N-ethyl adjacent to an activating group) is 1. The van der Waals surface area contributed by atoms with Gasteiger partial charge < -0.3 is 9.73 Å². The highest BCUT2D eigenvalue weighted by atomic mass is 19.4. The summed E-state index contributed by atoms with van der Waals surface area (Å²) in [5.41, 5.74) is -0.995. The van der Waals surface area contributed by atoms with Crippen LogP contribution in [0.25, 0.3) is 0 Å². The van der Waals surface area contributed by atoms with E-state index in [4.69, 9.17) is 0 Å². The van der Waals surface area contributed by atoms with Crippen LogP contribution in [0.2, 0.25) is 0 Å². The number of alkyl halides is 3. The highest BCUT2D eigenvalue weighted by Gasteiger charge is 2.36.